The summed E-state index contributed by atoms with van der Waals surface area (Å²) in [5.41, 5.74) is 0.386. The predicted molar refractivity (Wildman–Crippen MR) is 37.3 cm³/mol. The molecule has 0 aliphatic carbocycles. The van der Waals surface area contributed by atoms with Crippen molar-refractivity contribution in [3.05, 3.63) is 17.8 Å². The van der Waals surface area contributed by atoms with Crippen LogP contribution >= 0.6 is 0 Å². The first-order valence-corrected chi connectivity index (χ1v) is 3.23. The van der Waals surface area contributed by atoms with Crippen LogP contribution in [0.3, 0.4) is 0 Å². The summed E-state index contributed by atoms with van der Waals surface area (Å²) >= 11 is 0. The Morgan fingerprint density at radius 3 is 3.00 bits per heavy atom. The first kappa shape index (κ1) is 8.54. The zero-order chi connectivity index (χ0) is 8.97. The van der Waals surface area contributed by atoms with Gasteiger partial charge in [-0.05, 0) is 0 Å². The number of nitrogens with zero attached hydrogens (tertiary/aromatic N) is 1. The lowest BCUT2D eigenvalue weighted by Gasteiger charge is -1.93. The molecule has 1 rings (SSSR count). The molecule has 0 spiro atoms. The molecule has 0 radical (unpaired) electrons. The zero-order valence-electron chi connectivity index (χ0n) is 6.15. The molecule has 6 nitrogen and oxygen atoms in total. The molecule has 1 amide bonds. The van der Waals surface area contributed by atoms with Crippen LogP contribution in [0.4, 0.5) is 4.79 Å². The third-order valence-corrected chi connectivity index (χ3v) is 1.15. The van der Waals surface area contributed by atoms with Gasteiger partial charge in [-0.3, -0.25) is 0 Å². The van der Waals surface area contributed by atoms with E-state index < -0.39 is 6.09 Å². The molecule has 1 aromatic heterocycles. The number of hydrogen-bond donors (Lipinski definition) is 3. The van der Waals surface area contributed by atoms with Gasteiger partial charge < -0.3 is 19.9 Å². The molecule has 3 N–H and O–H groups in total. The van der Waals surface area contributed by atoms with Gasteiger partial charge >= 0.3 is 6.09 Å². The SMILES string of the molecule is O=C(O)NCc1nc(CO)co1. The van der Waals surface area contributed by atoms with Crippen molar-refractivity contribution >= 4 is 6.09 Å². The van der Waals surface area contributed by atoms with Crippen molar-refractivity contribution in [2.24, 2.45) is 0 Å². The van der Waals surface area contributed by atoms with Crippen LogP contribution in [0.1, 0.15) is 11.6 Å². The van der Waals surface area contributed by atoms with Crippen LogP contribution in [0.25, 0.3) is 0 Å². The fourth-order valence-corrected chi connectivity index (χ4v) is 0.654. The van der Waals surface area contributed by atoms with E-state index in [0.29, 0.717) is 5.69 Å². The number of aliphatic hydroxyl groups excluding tert-OH is 1. The van der Waals surface area contributed by atoms with Gasteiger partial charge in [0, 0.05) is 0 Å². The number of aliphatic hydroxyl groups is 1. The minimum atomic E-state index is -1.14. The smallest absolute Gasteiger partial charge is 0.405 e. The van der Waals surface area contributed by atoms with E-state index in [9.17, 15) is 4.79 Å². The minimum Gasteiger partial charge on any atom is -0.465 e. The Hall–Kier alpha value is -1.56. The number of carboxylic acid groups (broad SMARTS) is 1. The van der Waals surface area contributed by atoms with Crippen LogP contribution in [0, 0.1) is 0 Å². The second-order valence-electron chi connectivity index (χ2n) is 2.05. The van der Waals surface area contributed by atoms with Crippen molar-refractivity contribution in [2.45, 2.75) is 13.2 Å². The number of nitrogens with one attached hydrogen (secondary N) is 1. The Balaban J connectivity index is 2.47. The molecule has 0 saturated heterocycles. The van der Waals surface area contributed by atoms with Crippen molar-refractivity contribution in [3.63, 3.8) is 0 Å². The molecule has 1 heterocycles. The summed E-state index contributed by atoms with van der Waals surface area (Å²) in [6.45, 7) is -0.202. The van der Waals surface area contributed by atoms with E-state index in [2.05, 4.69) is 10.3 Å². The Morgan fingerprint density at radius 2 is 2.50 bits per heavy atom. The summed E-state index contributed by atoms with van der Waals surface area (Å²) in [6, 6.07) is 0. The highest BCUT2D eigenvalue weighted by Gasteiger charge is 2.03. The molecule has 0 bridgehead atoms. The highest BCUT2D eigenvalue weighted by Crippen LogP contribution is 2.00. The summed E-state index contributed by atoms with van der Waals surface area (Å²) in [4.78, 5) is 13.8. The van der Waals surface area contributed by atoms with E-state index in [0.717, 1.165) is 0 Å². The molecule has 0 aliphatic heterocycles. The van der Waals surface area contributed by atoms with Gasteiger partial charge in [-0.2, -0.15) is 0 Å². The van der Waals surface area contributed by atoms with Gasteiger partial charge in [-0.25, -0.2) is 9.78 Å². The molecular weight excluding hydrogens is 164 g/mol. The van der Waals surface area contributed by atoms with Gasteiger partial charge in [0.05, 0.1) is 13.2 Å². The summed E-state index contributed by atoms with van der Waals surface area (Å²) in [5.74, 6) is 0.237. The van der Waals surface area contributed by atoms with Crippen molar-refractivity contribution in [1.29, 1.82) is 0 Å². The molecule has 0 fully saturated rings. The number of amides is 1. The Labute approximate surface area is 67.8 Å². The molecule has 0 unspecified atom stereocenters. The van der Waals surface area contributed by atoms with E-state index in [-0.39, 0.29) is 19.0 Å². The monoisotopic (exact) mass is 172 g/mol. The normalized spacial score (nSPS) is 9.75. The lowest BCUT2D eigenvalue weighted by molar-refractivity contribution is 0.192. The Kier molecular flexibility index (Phi) is 2.65. The molecule has 6 heteroatoms. The van der Waals surface area contributed by atoms with Crippen LogP contribution in [0.2, 0.25) is 0 Å². The molecule has 0 atom stereocenters. The number of rotatable bonds is 3. The summed E-state index contributed by atoms with van der Waals surface area (Å²) in [5, 5.41) is 18.9. The van der Waals surface area contributed by atoms with Crippen LogP contribution in [0.5, 0.6) is 0 Å². The fraction of sp³-hybridized carbons (Fsp3) is 0.333. The predicted octanol–water partition coefficient (Wildman–Crippen LogP) is -0.0655. The van der Waals surface area contributed by atoms with Crippen LogP contribution in [-0.2, 0) is 13.2 Å². The van der Waals surface area contributed by atoms with E-state index in [1.807, 2.05) is 0 Å². The Morgan fingerprint density at radius 1 is 1.75 bits per heavy atom. The molecule has 0 aromatic carbocycles. The maximum Gasteiger partial charge on any atom is 0.405 e. The zero-order valence-corrected chi connectivity index (χ0v) is 6.15. The van der Waals surface area contributed by atoms with Gasteiger partial charge in [0.2, 0.25) is 5.89 Å². The van der Waals surface area contributed by atoms with Gasteiger partial charge in [0.1, 0.15) is 12.0 Å². The van der Waals surface area contributed by atoms with Gasteiger partial charge in [0.25, 0.3) is 0 Å². The van der Waals surface area contributed by atoms with Crippen molar-refractivity contribution in [2.75, 3.05) is 0 Å². The van der Waals surface area contributed by atoms with Gasteiger partial charge in [-0.1, -0.05) is 0 Å². The van der Waals surface area contributed by atoms with E-state index in [1.165, 1.54) is 6.26 Å². The minimum absolute atomic E-state index is 0.00926. The maximum absolute atomic E-state index is 10.0. The highest BCUT2D eigenvalue weighted by molar-refractivity contribution is 5.64. The summed E-state index contributed by atoms with van der Waals surface area (Å²) in [6.07, 6.45) is 0.137. The highest BCUT2D eigenvalue weighted by atomic mass is 16.4. The van der Waals surface area contributed by atoms with E-state index in [4.69, 9.17) is 14.6 Å². The summed E-state index contributed by atoms with van der Waals surface area (Å²) < 4.78 is 4.81. The molecule has 66 valence electrons. The molecule has 0 saturated carbocycles. The fourth-order valence-electron chi connectivity index (χ4n) is 0.654. The van der Waals surface area contributed by atoms with Crippen molar-refractivity contribution < 1.29 is 19.4 Å². The average Bonchev–Trinajstić information content (AvgIpc) is 2.48. The number of carbonyl (C=O) groups is 1. The molecular formula is C6H8N2O4. The van der Waals surface area contributed by atoms with Crippen molar-refractivity contribution in [3.8, 4) is 0 Å². The maximum atomic E-state index is 10.0. The van der Waals surface area contributed by atoms with Crippen LogP contribution in [-0.4, -0.2) is 21.3 Å². The third kappa shape index (κ3) is 2.24. The number of oxazole rings is 1. The third-order valence-electron chi connectivity index (χ3n) is 1.15. The average molecular weight is 172 g/mol. The van der Waals surface area contributed by atoms with Crippen LogP contribution < -0.4 is 5.32 Å². The first-order chi connectivity index (χ1) is 5.72. The quantitative estimate of drug-likeness (QED) is 0.593. The Bertz CT molecular complexity index is 270. The second kappa shape index (κ2) is 3.72. The first-order valence-electron chi connectivity index (χ1n) is 3.23. The van der Waals surface area contributed by atoms with Gasteiger partial charge in [-0.15, -0.1) is 0 Å². The lowest BCUT2D eigenvalue weighted by atomic mass is 10.5. The standard InChI is InChI=1S/C6H8N2O4/c9-2-4-3-12-5(8-4)1-7-6(10)11/h3,7,9H,1-2H2,(H,10,11). The second-order valence-corrected chi connectivity index (χ2v) is 2.05. The van der Waals surface area contributed by atoms with Crippen LogP contribution in [0.15, 0.2) is 10.7 Å². The number of hydrogen-bond acceptors (Lipinski definition) is 4. The molecule has 0 aliphatic rings. The molecule has 1 aromatic rings. The van der Waals surface area contributed by atoms with E-state index in [1.54, 1.807) is 0 Å². The van der Waals surface area contributed by atoms with Crippen molar-refractivity contribution in [1.82, 2.24) is 10.3 Å². The number of aromatic nitrogens is 1. The van der Waals surface area contributed by atoms with E-state index >= 15 is 0 Å². The van der Waals surface area contributed by atoms with Gasteiger partial charge in [0.15, 0.2) is 0 Å². The largest absolute Gasteiger partial charge is 0.465 e. The molecule has 12 heavy (non-hydrogen) atoms. The lowest BCUT2D eigenvalue weighted by Crippen LogP contribution is -2.20. The summed E-state index contributed by atoms with van der Waals surface area (Å²) in [7, 11) is 0. The topological polar surface area (TPSA) is 95.6 Å².